The molecule has 0 heterocycles. The average Bonchev–Trinajstić information content (AvgIpc) is 2.45. The molecule has 0 fully saturated rings. The molecule has 0 aromatic heterocycles. The normalized spacial score (nSPS) is 11.1. The van der Waals surface area contributed by atoms with Crippen LogP contribution in [0.15, 0.2) is 47.4 Å². The van der Waals surface area contributed by atoms with E-state index in [1.54, 1.807) is 12.1 Å². The number of thiocarbonyl (C=S) groups is 1. The minimum absolute atomic E-state index is 0.0459. The van der Waals surface area contributed by atoms with Crippen LogP contribution in [0.4, 0.5) is 14.5 Å². The van der Waals surface area contributed by atoms with Crippen molar-refractivity contribution in [1.82, 2.24) is 5.32 Å². The van der Waals surface area contributed by atoms with Crippen molar-refractivity contribution in [2.45, 2.75) is 11.3 Å². The van der Waals surface area contributed by atoms with Crippen molar-refractivity contribution in [3.63, 3.8) is 0 Å². The third-order valence-corrected chi connectivity index (χ3v) is 4.25. The smallest absolute Gasteiger partial charge is 0.238 e. The zero-order valence-electron chi connectivity index (χ0n) is 12.4. The van der Waals surface area contributed by atoms with Gasteiger partial charge in [0.2, 0.25) is 10.0 Å². The molecule has 24 heavy (non-hydrogen) atoms. The quantitative estimate of drug-likeness (QED) is 0.702. The molecule has 0 amide bonds. The zero-order valence-corrected chi connectivity index (χ0v) is 14.1. The number of halogens is 2. The maximum Gasteiger partial charge on any atom is 0.238 e. The van der Waals surface area contributed by atoms with Crippen molar-refractivity contribution in [2.75, 3.05) is 11.9 Å². The van der Waals surface area contributed by atoms with E-state index in [0.717, 1.165) is 23.8 Å². The fourth-order valence-corrected chi connectivity index (χ4v) is 2.70. The van der Waals surface area contributed by atoms with Gasteiger partial charge in [-0.1, -0.05) is 12.1 Å². The molecule has 2 rings (SSSR count). The van der Waals surface area contributed by atoms with Crippen molar-refractivity contribution < 1.29 is 17.2 Å². The number of anilines is 1. The number of hydrogen-bond donors (Lipinski definition) is 3. The van der Waals surface area contributed by atoms with Crippen LogP contribution in [0.5, 0.6) is 0 Å². The minimum atomic E-state index is -3.70. The molecule has 2 aromatic rings. The van der Waals surface area contributed by atoms with E-state index in [9.17, 15) is 17.2 Å². The lowest BCUT2D eigenvalue weighted by atomic mass is 10.1. The van der Waals surface area contributed by atoms with Crippen molar-refractivity contribution in [2.24, 2.45) is 5.14 Å². The van der Waals surface area contributed by atoms with E-state index in [-0.39, 0.29) is 15.7 Å². The van der Waals surface area contributed by atoms with Crippen molar-refractivity contribution in [1.29, 1.82) is 0 Å². The topological polar surface area (TPSA) is 84.2 Å². The Morgan fingerprint density at radius 3 is 2.21 bits per heavy atom. The number of sulfonamides is 1. The first kappa shape index (κ1) is 18.2. The zero-order chi connectivity index (χ0) is 17.7. The molecule has 0 saturated carbocycles. The summed E-state index contributed by atoms with van der Waals surface area (Å²) in [6.07, 6.45) is 0.574. The Kier molecular flexibility index (Phi) is 5.81. The van der Waals surface area contributed by atoms with Gasteiger partial charge < -0.3 is 10.6 Å². The first-order valence-corrected chi connectivity index (χ1v) is 8.82. The van der Waals surface area contributed by atoms with E-state index < -0.39 is 21.7 Å². The highest BCUT2D eigenvalue weighted by Gasteiger charge is 2.07. The van der Waals surface area contributed by atoms with Gasteiger partial charge >= 0.3 is 0 Å². The largest absolute Gasteiger partial charge is 0.362 e. The molecular weight excluding hydrogens is 356 g/mol. The van der Waals surface area contributed by atoms with Gasteiger partial charge in [0.15, 0.2) is 5.11 Å². The lowest BCUT2D eigenvalue weighted by molar-refractivity contribution is 0.584. The molecule has 0 saturated heterocycles. The number of nitrogens with one attached hydrogen (secondary N) is 2. The summed E-state index contributed by atoms with van der Waals surface area (Å²) in [5.74, 6) is -1.40. The van der Waals surface area contributed by atoms with Crippen LogP contribution in [-0.2, 0) is 16.4 Å². The maximum absolute atomic E-state index is 13.1. The van der Waals surface area contributed by atoms with Gasteiger partial charge in [-0.3, -0.25) is 0 Å². The molecule has 9 heteroatoms. The molecule has 128 valence electrons. The highest BCUT2D eigenvalue weighted by atomic mass is 32.2. The Balaban J connectivity index is 1.84. The summed E-state index contributed by atoms with van der Waals surface area (Å²) < 4.78 is 48.5. The third kappa shape index (κ3) is 5.52. The Hall–Kier alpha value is -2.10. The molecule has 0 aliphatic heterocycles. The first-order chi connectivity index (χ1) is 11.2. The van der Waals surface area contributed by atoms with Crippen LogP contribution >= 0.6 is 12.2 Å². The van der Waals surface area contributed by atoms with Gasteiger partial charge in [0.25, 0.3) is 0 Å². The molecule has 0 radical (unpaired) electrons. The maximum atomic E-state index is 13.1. The van der Waals surface area contributed by atoms with Crippen molar-refractivity contribution in [3.05, 3.63) is 59.7 Å². The highest BCUT2D eigenvalue weighted by molar-refractivity contribution is 7.89. The number of rotatable bonds is 5. The van der Waals surface area contributed by atoms with E-state index in [4.69, 9.17) is 17.4 Å². The van der Waals surface area contributed by atoms with Crippen LogP contribution in [0, 0.1) is 11.6 Å². The minimum Gasteiger partial charge on any atom is -0.362 e. The Morgan fingerprint density at radius 1 is 1.08 bits per heavy atom. The van der Waals surface area contributed by atoms with Crippen LogP contribution in [-0.4, -0.2) is 20.1 Å². The second kappa shape index (κ2) is 7.65. The summed E-state index contributed by atoms with van der Waals surface area (Å²) in [4.78, 5) is 0.0459. The molecule has 0 spiro atoms. The number of hydrogen-bond acceptors (Lipinski definition) is 3. The van der Waals surface area contributed by atoms with Gasteiger partial charge in [-0.2, -0.15) is 0 Å². The molecule has 4 N–H and O–H groups in total. The second-order valence-electron chi connectivity index (χ2n) is 4.98. The number of primary sulfonamides is 1. The van der Waals surface area contributed by atoms with Crippen molar-refractivity contribution in [3.8, 4) is 0 Å². The average molecular weight is 371 g/mol. The Labute approximate surface area is 143 Å². The monoisotopic (exact) mass is 371 g/mol. The molecule has 5 nitrogen and oxygen atoms in total. The van der Waals surface area contributed by atoms with Crippen LogP contribution < -0.4 is 15.8 Å². The van der Waals surface area contributed by atoms with E-state index in [0.29, 0.717) is 13.0 Å². The van der Waals surface area contributed by atoms with Gasteiger partial charge in [0.05, 0.1) is 4.90 Å². The van der Waals surface area contributed by atoms with Crippen LogP contribution in [0.3, 0.4) is 0 Å². The molecule has 0 aliphatic carbocycles. The molecule has 0 atom stereocenters. The summed E-state index contributed by atoms with van der Waals surface area (Å²) in [6, 6.07) is 9.19. The van der Waals surface area contributed by atoms with Gasteiger partial charge in [0.1, 0.15) is 11.6 Å². The van der Waals surface area contributed by atoms with Crippen LogP contribution in [0.1, 0.15) is 5.56 Å². The predicted molar refractivity (Wildman–Crippen MR) is 92.1 cm³/mol. The fraction of sp³-hybridized carbons (Fsp3) is 0.133. The summed E-state index contributed by atoms with van der Waals surface area (Å²) >= 11 is 5.04. The molecular formula is C15H15F2N3O2S2. The van der Waals surface area contributed by atoms with E-state index in [2.05, 4.69) is 10.6 Å². The Bertz CT molecular complexity index is 820. The summed E-state index contributed by atoms with van der Waals surface area (Å²) in [6.45, 7) is 0.457. The highest BCUT2D eigenvalue weighted by Crippen LogP contribution is 2.13. The number of benzene rings is 2. The SMILES string of the molecule is NS(=O)(=O)c1ccc(CCNC(=S)Nc2cc(F)cc(F)c2)cc1. The van der Waals surface area contributed by atoms with Gasteiger partial charge in [-0.15, -0.1) is 0 Å². The van der Waals surface area contributed by atoms with Crippen LogP contribution in [0.2, 0.25) is 0 Å². The van der Waals surface area contributed by atoms with Gasteiger partial charge in [-0.05, 0) is 48.5 Å². The van der Waals surface area contributed by atoms with E-state index in [1.165, 1.54) is 12.1 Å². The standard InChI is InChI=1S/C15H15F2N3O2S2/c16-11-7-12(17)9-13(8-11)20-15(23)19-6-5-10-1-3-14(4-2-10)24(18,21)22/h1-4,7-9H,5-6H2,(H2,18,21,22)(H2,19,20,23). The molecule has 2 aromatic carbocycles. The van der Waals surface area contributed by atoms with E-state index >= 15 is 0 Å². The summed E-state index contributed by atoms with van der Waals surface area (Å²) in [5, 5.41) is 10.8. The lowest BCUT2D eigenvalue weighted by Gasteiger charge is -2.11. The molecule has 0 unspecified atom stereocenters. The Morgan fingerprint density at radius 2 is 1.67 bits per heavy atom. The molecule has 0 aliphatic rings. The van der Waals surface area contributed by atoms with Gasteiger partial charge in [0, 0.05) is 18.3 Å². The lowest BCUT2D eigenvalue weighted by Crippen LogP contribution is -2.30. The number of nitrogens with two attached hydrogens (primary N) is 1. The summed E-state index contributed by atoms with van der Waals surface area (Å²) in [7, 11) is -3.70. The third-order valence-electron chi connectivity index (χ3n) is 3.07. The van der Waals surface area contributed by atoms with Crippen molar-refractivity contribution >= 4 is 33.0 Å². The van der Waals surface area contributed by atoms with Crippen LogP contribution in [0.25, 0.3) is 0 Å². The second-order valence-corrected chi connectivity index (χ2v) is 6.95. The molecule has 0 bridgehead atoms. The van der Waals surface area contributed by atoms with Gasteiger partial charge in [-0.25, -0.2) is 22.3 Å². The van der Waals surface area contributed by atoms with E-state index in [1.807, 2.05) is 0 Å². The summed E-state index contributed by atoms with van der Waals surface area (Å²) in [5.41, 5.74) is 1.09. The predicted octanol–water partition coefficient (Wildman–Crippen LogP) is 2.14. The fourth-order valence-electron chi connectivity index (χ4n) is 1.97. The first-order valence-electron chi connectivity index (χ1n) is 6.87.